The van der Waals surface area contributed by atoms with Crippen molar-refractivity contribution in [2.24, 2.45) is 0 Å². The van der Waals surface area contributed by atoms with Crippen LogP contribution in [-0.2, 0) is 0 Å². The van der Waals surface area contributed by atoms with Crippen molar-refractivity contribution in [2.45, 2.75) is 0 Å². The second-order valence-electron chi connectivity index (χ2n) is 4.01. The Morgan fingerprint density at radius 2 is 2.14 bits per heavy atom. The molecule has 1 amide bonds. The fraction of sp³-hybridized carbons (Fsp3) is 0.0667. The molecule has 1 aromatic heterocycles. The van der Waals surface area contributed by atoms with Crippen LogP contribution >= 0.6 is 11.6 Å². The first-order valence-electron chi connectivity index (χ1n) is 5.96. The van der Waals surface area contributed by atoms with E-state index in [1.165, 1.54) is 24.4 Å². The summed E-state index contributed by atoms with van der Waals surface area (Å²) in [6.45, 7) is -0.247. The number of hydrogen-bond acceptors (Lipinski definition) is 4. The minimum absolute atomic E-state index is 0.0908. The van der Waals surface area contributed by atoms with Crippen LogP contribution in [0.3, 0.4) is 0 Å². The Morgan fingerprint density at radius 3 is 2.86 bits per heavy atom. The number of phenols is 1. The first-order valence-corrected chi connectivity index (χ1v) is 6.33. The Morgan fingerprint density at radius 1 is 1.33 bits per heavy atom. The summed E-state index contributed by atoms with van der Waals surface area (Å²) in [5.74, 6) is 4.78. The molecule has 2 rings (SSSR count). The Balaban J connectivity index is 2.19. The van der Waals surface area contributed by atoms with E-state index in [0.717, 1.165) is 0 Å². The van der Waals surface area contributed by atoms with Gasteiger partial charge >= 0.3 is 0 Å². The zero-order valence-corrected chi connectivity index (χ0v) is 11.6. The van der Waals surface area contributed by atoms with Gasteiger partial charge in [0, 0.05) is 16.8 Å². The summed E-state index contributed by atoms with van der Waals surface area (Å²) in [6, 6.07) is 7.42. The number of halogens is 1. The minimum Gasteiger partial charge on any atom is -0.507 e. The molecular formula is C15H11ClN2O3. The highest BCUT2D eigenvalue weighted by molar-refractivity contribution is 6.30. The summed E-state index contributed by atoms with van der Waals surface area (Å²) in [5, 5.41) is 21.2. The van der Waals surface area contributed by atoms with E-state index in [4.69, 9.17) is 16.7 Å². The van der Waals surface area contributed by atoms with Crippen LogP contribution in [-0.4, -0.2) is 27.7 Å². The van der Waals surface area contributed by atoms with Gasteiger partial charge < -0.3 is 15.5 Å². The highest BCUT2D eigenvalue weighted by Gasteiger charge is 2.12. The highest BCUT2D eigenvalue weighted by Crippen LogP contribution is 2.22. The topological polar surface area (TPSA) is 82.5 Å². The zero-order valence-electron chi connectivity index (χ0n) is 10.8. The van der Waals surface area contributed by atoms with Gasteiger partial charge in [0.1, 0.15) is 18.2 Å². The summed E-state index contributed by atoms with van der Waals surface area (Å²) < 4.78 is 0. The molecule has 0 saturated carbocycles. The molecule has 0 aliphatic carbocycles. The molecule has 3 N–H and O–H groups in total. The smallest absolute Gasteiger partial charge is 0.260 e. The van der Waals surface area contributed by atoms with Crippen molar-refractivity contribution in [2.75, 3.05) is 11.9 Å². The Bertz CT molecular complexity index is 735. The number of carbonyl (C=O) groups is 1. The standard InChI is InChI=1S/C15H11ClN2O3/c16-11-3-4-12(13(20)9-11)15(21)18-14-8-10(2-1-7-19)5-6-17-14/h3-6,8-9,19-20H,7H2,(H,17,18,21). The van der Waals surface area contributed by atoms with Gasteiger partial charge in [0.25, 0.3) is 5.91 Å². The van der Waals surface area contributed by atoms with E-state index in [9.17, 15) is 9.90 Å². The number of benzene rings is 1. The van der Waals surface area contributed by atoms with Crippen molar-refractivity contribution in [3.63, 3.8) is 0 Å². The lowest BCUT2D eigenvalue weighted by atomic mass is 10.2. The number of aromatic nitrogens is 1. The second-order valence-corrected chi connectivity index (χ2v) is 4.44. The molecule has 0 atom stereocenters. The highest BCUT2D eigenvalue weighted by atomic mass is 35.5. The Kier molecular flexibility index (Phi) is 4.77. The summed E-state index contributed by atoms with van der Waals surface area (Å²) in [7, 11) is 0. The number of nitrogens with one attached hydrogen (secondary N) is 1. The molecule has 0 radical (unpaired) electrons. The van der Waals surface area contributed by atoms with E-state index >= 15 is 0 Å². The van der Waals surface area contributed by atoms with Crippen molar-refractivity contribution in [3.8, 4) is 17.6 Å². The minimum atomic E-state index is -0.510. The summed E-state index contributed by atoms with van der Waals surface area (Å²) in [6.07, 6.45) is 1.48. The van der Waals surface area contributed by atoms with Gasteiger partial charge in [-0.25, -0.2) is 4.98 Å². The molecule has 5 nitrogen and oxygen atoms in total. The average Bonchev–Trinajstić information content (AvgIpc) is 2.45. The number of aliphatic hydroxyl groups is 1. The monoisotopic (exact) mass is 302 g/mol. The lowest BCUT2D eigenvalue weighted by Crippen LogP contribution is -2.13. The van der Waals surface area contributed by atoms with Gasteiger partial charge in [-0.1, -0.05) is 23.4 Å². The van der Waals surface area contributed by atoms with Crippen LogP contribution in [0, 0.1) is 11.8 Å². The number of nitrogens with zero attached hydrogens (tertiary/aromatic N) is 1. The molecule has 2 aromatic rings. The first-order chi connectivity index (χ1) is 10.1. The number of aliphatic hydroxyl groups excluding tert-OH is 1. The van der Waals surface area contributed by atoms with E-state index in [-0.39, 0.29) is 17.9 Å². The van der Waals surface area contributed by atoms with Crippen LogP contribution in [0.1, 0.15) is 15.9 Å². The Hall–Kier alpha value is -2.55. The van der Waals surface area contributed by atoms with Crippen LogP contribution in [0.15, 0.2) is 36.5 Å². The molecule has 0 unspecified atom stereocenters. The SMILES string of the molecule is O=C(Nc1cc(C#CCO)ccn1)c1ccc(Cl)cc1O. The number of pyridine rings is 1. The summed E-state index contributed by atoms with van der Waals surface area (Å²) in [4.78, 5) is 16.0. The van der Waals surface area contributed by atoms with Crippen molar-refractivity contribution in [1.29, 1.82) is 0 Å². The fourth-order valence-corrected chi connectivity index (χ4v) is 1.77. The normalized spacial score (nSPS) is 9.62. The molecule has 0 spiro atoms. The van der Waals surface area contributed by atoms with Gasteiger partial charge in [-0.15, -0.1) is 0 Å². The Labute approximate surface area is 126 Å². The molecule has 6 heteroatoms. The maximum absolute atomic E-state index is 12.0. The maximum Gasteiger partial charge on any atom is 0.260 e. The lowest BCUT2D eigenvalue weighted by Gasteiger charge is -2.06. The van der Waals surface area contributed by atoms with E-state index in [2.05, 4.69) is 22.1 Å². The first kappa shape index (κ1) is 14.9. The molecule has 1 heterocycles. The van der Waals surface area contributed by atoms with Gasteiger partial charge in [-0.05, 0) is 30.3 Å². The van der Waals surface area contributed by atoms with Crippen molar-refractivity contribution in [3.05, 3.63) is 52.7 Å². The summed E-state index contributed by atoms with van der Waals surface area (Å²) in [5.41, 5.74) is 0.697. The molecule has 0 fully saturated rings. The maximum atomic E-state index is 12.0. The van der Waals surface area contributed by atoms with Crippen LogP contribution < -0.4 is 5.32 Å². The number of phenolic OH excluding ortho intramolecular Hbond substituents is 1. The fourth-order valence-electron chi connectivity index (χ4n) is 1.60. The molecule has 21 heavy (non-hydrogen) atoms. The van der Waals surface area contributed by atoms with Crippen LogP contribution in [0.2, 0.25) is 5.02 Å². The number of rotatable bonds is 2. The zero-order chi connectivity index (χ0) is 15.2. The molecule has 0 aliphatic rings. The lowest BCUT2D eigenvalue weighted by molar-refractivity contribution is 0.102. The second kappa shape index (κ2) is 6.75. The largest absolute Gasteiger partial charge is 0.507 e. The predicted octanol–water partition coefficient (Wildman–Crippen LogP) is 2.04. The molecular weight excluding hydrogens is 292 g/mol. The third-order valence-electron chi connectivity index (χ3n) is 2.52. The predicted molar refractivity (Wildman–Crippen MR) is 79.3 cm³/mol. The van der Waals surface area contributed by atoms with Gasteiger partial charge in [0.15, 0.2) is 0 Å². The third-order valence-corrected chi connectivity index (χ3v) is 2.75. The van der Waals surface area contributed by atoms with Gasteiger partial charge in [-0.3, -0.25) is 4.79 Å². The van der Waals surface area contributed by atoms with Gasteiger partial charge in [-0.2, -0.15) is 0 Å². The van der Waals surface area contributed by atoms with E-state index in [0.29, 0.717) is 16.4 Å². The number of amides is 1. The van der Waals surface area contributed by atoms with Crippen molar-refractivity contribution < 1.29 is 15.0 Å². The van der Waals surface area contributed by atoms with Gasteiger partial charge in [0.05, 0.1) is 5.56 Å². The van der Waals surface area contributed by atoms with Crippen molar-refractivity contribution in [1.82, 2.24) is 4.98 Å². The van der Waals surface area contributed by atoms with E-state index < -0.39 is 5.91 Å². The quantitative estimate of drug-likeness (QED) is 0.741. The van der Waals surface area contributed by atoms with Crippen molar-refractivity contribution >= 4 is 23.3 Å². The number of carbonyl (C=O) groups excluding carboxylic acids is 1. The van der Waals surface area contributed by atoms with Crippen LogP contribution in [0.4, 0.5) is 5.82 Å². The molecule has 0 aliphatic heterocycles. The average molecular weight is 303 g/mol. The molecule has 106 valence electrons. The molecule has 0 saturated heterocycles. The molecule has 1 aromatic carbocycles. The third kappa shape index (κ3) is 3.96. The van der Waals surface area contributed by atoms with Crippen LogP contribution in [0.25, 0.3) is 0 Å². The summed E-state index contributed by atoms with van der Waals surface area (Å²) >= 11 is 5.71. The number of anilines is 1. The number of aromatic hydroxyl groups is 1. The number of hydrogen-bond donors (Lipinski definition) is 3. The van der Waals surface area contributed by atoms with Crippen LogP contribution in [0.5, 0.6) is 5.75 Å². The van der Waals surface area contributed by atoms with E-state index in [1.54, 1.807) is 12.1 Å². The van der Waals surface area contributed by atoms with E-state index in [1.807, 2.05) is 0 Å². The molecule has 0 bridgehead atoms. The van der Waals surface area contributed by atoms with Gasteiger partial charge in [0.2, 0.25) is 0 Å².